The molecule has 0 radical (unpaired) electrons. The molecule has 88 valence electrons. The first kappa shape index (κ1) is 10.7. The first-order valence-corrected chi connectivity index (χ1v) is 5.80. The van der Waals surface area contributed by atoms with E-state index < -0.39 is 0 Å². The summed E-state index contributed by atoms with van der Waals surface area (Å²) in [6.07, 6.45) is 1.82. The van der Waals surface area contributed by atoms with E-state index in [2.05, 4.69) is 16.1 Å². The number of benzene rings is 2. The first-order valence-electron chi connectivity index (χ1n) is 5.80. The molecule has 0 fully saturated rings. The van der Waals surface area contributed by atoms with Crippen molar-refractivity contribution in [3.05, 3.63) is 65.3 Å². The zero-order valence-electron chi connectivity index (χ0n) is 9.84. The Kier molecular flexibility index (Phi) is 2.45. The van der Waals surface area contributed by atoms with Crippen LogP contribution in [0.1, 0.15) is 0 Å². The second-order valence-corrected chi connectivity index (χ2v) is 4.15. The molecular formula is C15H12N2O. The highest BCUT2D eigenvalue weighted by Crippen LogP contribution is 2.23. The summed E-state index contributed by atoms with van der Waals surface area (Å²) in [5.41, 5.74) is 3.61. The van der Waals surface area contributed by atoms with Crippen molar-refractivity contribution in [3.8, 4) is 11.4 Å². The van der Waals surface area contributed by atoms with Crippen molar-refractivity contribution in [2.45, 2.75) is 6.54 Å². The number of aromatic nitrogens is 2. The van der Waals surface area contributed by atoms with E-state index in [1.54, 1.807) is 18.2 Å². The summed E-state index contributed by atoms with van der Waals surface area (Å²) < 4.78 is 2.06. The monoisotopic (exact) mass is 236 g/mol. The topological polar surface area (TPSA) is 34.9 Å². The molecule has 3 nitrogen and oxygen atoms in total. The molecule has 1 heterocycles. The number of allylic oxidation sites excluding steroid dienone is 1. The Balaban J connectivity index is 2.50. The third-order valence-corrected chi connectivity index (χ3v) is 2.96. The average Bonchev–Trinajstić information content (AvgIpc) is 2.39. The number of para-hydroxylation sites is 2. The van der Waals surface area contributed by atoms with Gasteiger partial charge in [-0.2, -0.15) is 0 Å². The summed E-state index contributed by atoms with van der Waals surface area (Å²) in [5, 5.41) is 0. The van der Waals surface area contributed by atoms with Crippen molar-refractivity contribution in [2.75, 3.05) is 0 Å². The lowest BCUT2D eigenvalue weighted by atomic mass is 10.1. The molecule has 3 heteroatoms. The van der Waals surface area contributed by atoms with E-state index in [-0.39, 0.29) is 5.43 Å². The number of hydrogen-bond acceptors (Lipinski definition) is 2. The Labute approximate surface area is 104 Å². The Morgan fingerprint density at radius 2 is 2.06 bits per heavy atom. The van der Waals surface area contributed by atoms with Crippen molar-refractivity contribution in [1.29, 1.82) is 0 Å². The normalized spacial score (nSPS) is 10.9. The number of hydrogen-bond donors (Lipinski definition) is 0. The average molecular weight is 236 g/mol. The van der Waals surface area contributed by atoms with Crippen molar-refractivity contribution >= 4 is 11.0 Å². The second kappa shape index (κ2) is 4.11. The van der Waals surface area contributed by atoms with Gasteiger partial charge in [-0.15, -0.1) is 6.58 Å². The molecule has 1 aromatic carbocycles. The minimum atomic E-state index is -0.00241. The maximum atomic E-state index is 11.5. The SMILES string of the molecule is C=CCn1c2cc(=O)ccc-2nc2ccccc21. The van der Waals surface area contributed by atoms with E-state index in [0.29, 0.717) is 6.54 Å². The summed E-state index contributed by atoms with van der Waals surface area (Å²) >= 11 is 0. The highest BCUT2D eigenvalue weighted by atomic mass is 16.1. The van der Waals surface area contributed by atoms with Crippen LogP contribution in [-0.4, -0.2) is 9.55 Å². The van der Waals surface area contributed by atoms with Crippen molar-refractivity contribution in [3.63, 3.8) is 0 Å². The van der Waals surface area contributed by atoms with Crippen LogP contribution in [0, 0.1) is 0 Å². The number of rotatable bonds is 2. The van der Waals surface area contributed by atoms with Gasteiger partial charge in [0.15, 0.2) is 5.43 Å². The van der Waals surface area contributed by atoms with Crippen LogP contribution in [0.2, 0.25) is 0 Å². The third kappa shape index (κ3) is 1.61. The van der Waals surface area contributed by atoms with Gasteiger partial charge < -0.3 is 4.57 Å². The fourth-order valence-electron chi connectivity index (χ4n) is 2.19. The summed E-state index contributed by atoms with van der Waals surface area (Å²) in [4.78, 5) is 16.1. The Hall–Kier alpha value is -2.42. The Bertz CT molecular complexity index is 758. The minimum Gasteiger partial charge on any atom is -0.334 e. The zero-order valence-corrected chi connectivity index (χ0v) is 9.84. The minimum absolute atomic E-state index is 0.00241. The fraction of sp³-hybridized carbons (Fsp3) is 0.0667. The van der Waals surface area contributed by atoms with Crippen LogP contribution in [-0.2, 0) is 6.54 Å². The second-order valence-electron chi connectivity index (χ2n) is 4.15. The maximum Gasteiger partial charge on any atom is 0.180 e. The van der Waals surface area contributed by atoms with Crippen molar-refractivity contribution < 1.29 is 0 Å². The zero-order chi connectivity index (χ0) is 12.5. The lowest BCUT2D eigenvalue weighted by Crippen LogP contribution is -2.10. The summed E-state index contributed by atoms with van der Waals surface area (Å²) in [7, 11) is 0. The molecule has 0 aromatic heterocycles. The lowest BCUT2D eigenvalue weighted by Gasteiger charge is -2.16. The lowest BCUT2D eigenvalue weighted by molar-refractivity contribution is 0.853. The van der Waals surface area contributed by atoms with Crippen LogP contribution in [0.15, 0.2) is 59.9 Å². The molecule has 0 N–H and O–H groups in total. The molecule has 0 saturated carbocycles. The molecule has 18 heavy (non-hydrogen) atoms. The van der Waals surface area contributed by atoms with E-state index in [4.69, 9.17) is 0 Å². The Morgan fingerprint density at radius 3 is 2.89 bits per heavy atom. The van der Waals surface area contributed by atoms with Gasteiger partial charge in [0.05, 0.1) is 22.4 Å². The van der Waals surface area contributed by atoms with E-state index >= 15 is 0 Å². The van der Waals surface area contributed by atoms with Gasteiger partial charge in [-0.3, -0.25) is 4.79 Å². The van der Waals surface area contributed by atoms with E-state index in [0.717, 1.165) is 22.4 Å². The number of nitrogens with zero attached hydrogens (tertiary/aromatic N) is 2. The van der Waals surface area contributed by atoms with Crippen LogP contribution in [0.3, 0.4) is 0 Å². The Morgan fingerprint density at radius 1 is 1.22 bits per heavy atom. The smallest absolute Gasteiger partial charge is 0.180 e. The molecule has 0 saturated heterocycles. The third-order valence-electron chi connectivity index (χ3n) is 2.96. The molecule has 3 rings (SSSR count). The first-order chi connectivity index (χ1) is 8.79. The van der Waals surface area contributed by atoms with Crippen LogP contribution < -0.4 is 5.43 Å². The van der Waals surface area contributed by atoms with Gasteiger partial charge >= 0.3 is 0 Å². The fourth-order valence-corrected chi connectivity index (χ4v) is 2.19. The molecule has 1 aliphatic heterocycles. The molecule has 1 aliphatic carbocycles. The number of fused-ring (bicyclic) bond motifs is 2. The van der Waals surface area contributed by atoms with Crippen LogP contribution in [0.25, 0.3) is 22.4 Å². The van der Waals surface area contributed by atoms with Gasteiger partial charge in [0.2, 0.25) is 0 Å². The van der Waals surface area contributed by atoms with E-state index in [1.165, 1.54) is 0 Å². The molecule has 0 amide bonds. The van der Waals surface area contributed by atoms with Crippen LogP contribution in [0.5, 0.6) is 0 Å². The van der Waals surface area contributed by atoms with Gasteiger partial charge in [-0.25, -0.2) is 4.98 Å². The van der Waals surface area contributed by atoms with Crippen molar-refractivity contribution in [2.24, 2.45) is 0 Å². The van der Waals surface area contributed by atoms with Gasteiger partial charge in [0.25, 0.3) is 0 Å². The molecule has 0 bridgehead atoms. The largest absolute Gasteiger partial charge is 0.334 e. The quantitative estimate of drug-likeness (QED) is 0.506. The molecular weight excluding hydrogens is 224 g/mol. The molecule has 0 unspecified atom stereocenters. The highest BCUT2D eigenvalue weighted by molar-refractivity contribution is 5.80. The standard InChI is InChI=1S/C15H12N2O/c1-2-9-17-14-6-4-3-5-12(14)16-13-8-7-11(18)10-15(13)17/h2-8,10H,1,9H2. The van der Waals surface area contributed by atoms with Crippen LogP contribution in [0.4, 0.5) is 0 Å². The highest BCUT2D eigenvalue weighted by Gasteiger charge is 2.11. The summed E-state index contributed by atoms with van der Waals surface area (Å²) in [6.45, 7) is 4.43. The van der Waals surface area contributed by atoms with Gasteiger partial charge in [-0.1, -0.05) is 18.2 Å². The van der Waals surface area contributed by atoms with Crippen LogP contribution >= 0.6 is 0 Å². The van der Waals surface area contributed by atoms with Crippen molar-refractivity contribution in [1.82, 2.24) is 9.55 Å². The molecule has 2 aliphatic rings. The predicted octanol–water partition coefficient (Wildman–Crippen LogP) is 2.69. The summed E-state index contributed by atoms with van der Waals surface area (Å²) in [5.74, 6) is 0. The van der Waals surface area contributed by atoms with Gasteiger partial charge in [0.1, 0.15) is 0 Å². The molecule has 1 aromatic rings. The van der Waals surface area contributed by atoms with Gasteiger partial charge in [-0.05, 0) is 24.3 Å². The summed E-state index contributed by atoms with van der Waals surface area (Å²) in [6, 6.07) is 12.8. The maximum absolute atomic E-state index is 11.5. The predicted molar refractivity (Wildman–Crippen MR) is 72.8 cm³/mol. The van der Waals surface area contributed by atoms with E-state index in [1.807, 2.05) is 30.3 Å². The van der Waals surface area contributed by atoms with Gasteiger partial charge in [0, 0.05) is 12.6 Å². The molecule has 0 spiro atoms. The van der Waals surface area contributed by atoms with E-state index in [9.17, 15) is 4.79 Å². The molecule has 0 atom stereocenters.